The van der Waals surface area contributed by atoms with Gasteiger partial charge in [0.25, 0.3) is 5.56 Å². The van der Waals surface area contributed by atoms with Gasteiger partial charge < -0.3 is 23.4 Å². The van der Waals surface area contributed by atoms with Crippen LogP contribution in [0.15, 0.2) is 50.6 Å². The van der Waals surface area contributed by atoms with E-state index in [0.29, 0.717) is 5.75 Å². The number of aromatic nitrogens is 2. The third-order valence-corrected chi connectivity index (χ3v) is 17.9. The zero-order valence-corrected chi connectivity index (χ0v) is 28.9. The van der Waals surface area contributed by atoms with Crippen LogP contribution in [-0.2, 0) is 13.6 Å². The van der Waals surface area contributed by atoms with Crippen molar-refractivity contribution < 1.29 is 23.4 Å². The summed E-state index contributed by atoms with van der Waals surface area (Å²) >= 11 is 3.42. The van der Waals surface area contributed by atoms with Gasteiger partial charge in [0.05, 0.1) is 0 Å². The molecule has 0 aliphatic carbocycles. The van der Waals surface area contributed by atoms with Crippen molar-refractivity contribution >= 4 is 32.6 Å². The van der Waals surface area contributed by atoms with Gasteiger partial charge in [-0.25, -0.2) is 4.79 Å². The fraction of sp³-hybridized carbons (Fsp3) is 0.643. The summed E-state index contributed by atoms with van der Waals surface area (Å²) in [6.07, 6.45) is -2.88. The van der Waals surface area contributed by atoms with Crippen molar-refractivity contribution in [1.82, 2.24) is 9.55 Å². The van der Waals surface area contributed by atoms with Gasteiger partial charge in [0, 0.05) is 16.7 Å². The van der Waals surface area contributed by atoms with Crippen molar-refractivity contribution in [2.24, 2.45) is 0 Å². The van der Waals surface area contributed by atoms with Crippen molar-refractivity contribution in [2.75, 3.05) is 6.61 Å². The van der Waals surface area contributed by atoms with Crippen molar-refractivity contribution in [1.29, 1.82) is 0 Å². The maximum Gasteiger partial charge on any atom is 0.330 e. The molecule has 2 unspecified atom stereocenters. The molecular weight excluding hydrogens is 612 g/mol. The summed E-state index contributed by atoms with van der Waals surface area (Å²) in [5.74, 6) is 0.601. The molecule has 1 saturated heterocycles. The monoisotopic (exact) mass is 656 g/mol. The minimum absolute atomic E-state index is 0.0519. The highest BCUT2D eigenvalue weighted by Crippen LogP contribution is 2.46. The molecule has 1 aromatic heterocycles. The van der Waals surface area contributed by atoms with Gasteiger partial charge in [0.15, 0.2) is 22.9 Å². The highest BCUT2D eigenvalue weighted by atomic mass is 79.9. The Kier molecular flexibility index (Phi) is 9.87. The van der Waals surface area contributed by atoms with Crippen molar-refractivity contribution in [2.45, 2.75) is 108 Å². The molecule has 0 amide bonds. The quantitative estimate of drug-likeness (QED) is 0.347. The van der Waals surface area contributed by atoms with Gasteiger partial charge >= 0.3 is 5.69 Å². The lowest BCUT2D eigenvalue weighted by molar-refractivity contribution is -0.0939. The Morgan fingerprint density at radius 3 is 1.98 bits per heavy atom. The molecule has 0 saturated carbocycles. The van der Waals surface area contributed by atoms with E-state index in [1.807, 2.05) is 24.3 Å². The summed E-state index contributed by atoms with van der Waals surface area (Å²) in [7, 11) is -4.84. The average Bonchev–Trinajstić information content (AvgIpc) is 3.13. The van der Waals surface area contributed by atoms with Crippen LogP contribution in [0.5, 0.6) is 5.75 Å². The molecule has 2 heterocycles. The number of nitrogens with one attached hydrogen (secondary N) is 1. The molecule has 12 heteroatoms. The maximum atomic E-state index is 13.0. The number of hydrogen-bond donors (Lipinski definition) is 2. The molecule has 0 bridgehead atoms. The van der Waals surface area contributed by atoms with Crippen molar-refractivity contribution in [3.63, 3.8) is 0 Å². The first-order valence-electron chi connectivity index (χ1n) is 13.6. The first kappa shape index (κ1) is 33.0. The predicted molar refractivity (Wildman–Crippen MR) is 165 cm³/mol. The molecule has 0 spiro atoms. The third kappa shape index (κ3) is 7.44. The summed E-state index contributed by atoms with van der Waals surface area (Å²) in [5, 5.41) is 11.2. The number of H-pyrrole nitrogens is 1. The summed E-state index contributed by atoms with van der Waals surface area (Å²) < 4.78 is 28.5. The van der Waals surface area contributed by atoms with Crippen LogP contribution >= 0.6 is 15.9 Å². The molecule has 5 atom stereocenters. The van der Waals surface area contributed by atoms with Crippen LogP contribution in [0.2, 0.25) is 36.3 Å². The van der Waals surface area contributed by atoms with E-state index < -0.39 is 58.5 Å². The highest BCUT2D eigenvalue weighted by Gasteiger charge is 2.56. The van der Waals surface area contributed by atoms with Crippen molar-refractivity contribution in [3.8, 4) is 5.75 Å². The van der Waals surface area contributed by atoms with Crippen molar-refractivity contribution in [3.05, 3.63) is 61.8 Å². The van der Waals surface area contributed by atoms with E-state index >= 15 is 0 Å². The van der Waals surface area contributed by atoms with Crippen LogP contribution in [0, 0.1) is 0 Å². The molecule has 224 valence electrons. The SMILES string of the molecule is CC(C)(C)[Si](C)(C)O[C@@H]1[C@H](O[Si](C)(C)C(C)(C)C)C(C(O)COc2ccc(Br)cc2)O[C@H]1n1ccc(=O)[nH]c1=O. The molecule has 2 aromatic rings. The van der Waals surface area contributed by atoms with E-state index in [1.165, 1.54) is 16.8 Å². The second-order valence-corrected chi connectivity index (χ2v) is 24.0. The summed E-state index contributed by atoms with van der Waals surface area (Å²) in [4.78, 5) is 27.1. The minimum Gasteiger partial charge on any atom is -0.491 e. The van der Waals surface area contributed by atoms with E-state index in [9.17, 15) is 14.7 Å². The van der Waals surface area contributed by atoms with Gasteiger partial charge in [-0.2, -0.15) is 0 Å². The maximum absolute atomic E-state index is 13.0. The number of aromatic amines is 1. The van der Waals surface area contributed by atoms with E-state index in [2.05, 4.69) is 88.6 Å². The molecule has 0 radical (unpaired) electrons. The fourth-order valence-electron chi connectivity index (χ4n) is 3.93. The third-order valence-electron chi connectivity index (χ3n) is 8.44. The van der Waals surface area contributed by atoms with Gasteiger partial charge in [0.1, 0.15) is 36.8 Å². The van der Waals surface area contributed by atoms with Gasteiger partial charge in [-0.05, 0) is 60.5 Å². The van der Waals surface area contributed by atoms with Crippen LogP contribution in [0.25, 0.3) is 0 Å². The van der Waals surface area contributed by atoms with Gasteiger partial charge in [-0.3, -0.25) is 14.3 Å². The number of aliphatic hydroxyl groups excluding tert-OH is 1. The summed E-state index contributed by atoms with van der Waals surface area (Å²) in [6, 6.07) is 8.61. The summed E-state index contributed by atoms with van der Waals surface area (Å²) in [6.45, 7) is 21.3. The van der Waals surface area contributed by atoms with E-state index in [4.69, 9.17) is 18.3 Å². The molecule has 40 heavy (non-hydrogen) atoms. The predicted octanol–water partition coefficient (Wildman–Crippen LogP) is 5.42. The zero-order valence-electron chi connectivity index (χ0n) is 25.3. The van der Waals surface area contributed by atoms with E-state index in [0.717, 1.165) is 4.47 Å². The molecular formula is C28H45BrN2O7Si2. The number of nitrogens with zero attached hydrogens (tertiary/aromatic N) is 1. The number of aliphatic hydroxyl groups is 1. The van der Waals surface area contributed by atoms with Gasteiger partial charge in [0.2, 0.25) is 0 Å². The minimum atomic E-state index is -2.43. The van der Waals surface area contributed by atoms with Crippen LogP contribution in [0.3, 0.4) is 0 Å². The molecule has 9 nitrogen and oxygen atoms in total. The number of hydrogen-bond acceptors (Lipinski definition) is 7. The van der Waals surface area contributed by atoms with Gasteiger partial charge in [-0.1, -0.05) is 57.5 Å². The van der Waals surface area contributed by atoms with E-state index in [-0.39, 0.29) is 16.7 Å². The van der Waals surface area contributed by atoms with Gasteiger partial charge in [-0.15, -0.1) is 0 Å². The normalized spacial score (nSPS) is 23.3. The Bertz CT molecular complexity index is 1270. The Labute approximate surface area is 247 Å². The topological polar surface area (TPSA) is 112 Å². The fourth-order valence-corrected chi connectivity index (χ4v) is 6.78. The second kappa shape index (κ2) is 12.0. The molecule has 1 aliphatic rings. The smallest absolute Gasteiger partial charge is 0.330 e. The highest BCUT2D eigenvalue weighted by molar-refractivity contribution is 9.10. The van der Waals surface area contributed by atoms with Crippen LogP contribution in [0.4, 0.5) is 0 Å². The molecule has 1 aliphatic heterocycles. The van der Waals surface area contributed by atoms with Crippen LogP contribution in [-0.4, -0.2) is 62.3 Å². The first-order valence-corrected chi connectivity index (χ1v) is 20.2. The Balaban J connectivity index is 2.07. The van der Waals surface area contributed by atoms with Crippen LogP contribution < -0.4 is 16.0 Å². The lowest BCUT2D eigenvalue weighted by atomic mass is 10.1. The number of halogens is 1. The van der Waals surface area contributed by atoms with Crippen LogP contribution in [0.1, 0.15) is 47.8 Å². The number of benzene rings is 1. The molecule has 1 aromatic carbocycles. The molecule has 1 fully saturated rings. The Morgan fingerprint density at radius 1 is 0.950 bits per heavy atom. The number of ether oxygens (including phenoxy) is 2. The standard InChI is InChI=1S/C28H45BrN2O7Si2/c1-27(2,3)39(7,8)37-23-22(20(32)17-35-19-13-11-18(29)12-14-19)36-25(31-16-15-21(33)30-26(31)34)24(23)38-40(9,10)28(4,5)6/h11-16,20,22-25,32H,17H2,1-10H3,(H,30,33,34)/t20?,22?,23-,24-,25-/m1/s1. The first-order chi connectivity index (χ1) is 18.2. The molecule has 2 N–H and O–H groups in total. The zero-order chi connectivity index (χ0) is 30.3. The lowest BCUT2D eigenvalue weighted by Gasteiger charge is -2.44. The molecule has 3 rings (SSSR count). The average molecular weight is 658 g/mol. The number of rotatable bonds is 9. The Morgan fingerprint density at radius 2 is 1.48 bits per heavy atom. The van der Waals surface area contributed by atoms with E-state index in [1.54, 1.807) is 0 Å². The second-order valence-electron chi connectivity index (χ2n) is 13.5. The summed E-state index contributed by atoms with van der Waals surface area (Å²) in [5.41, 5.74) is -1.12. The largest absolute Gasteiger partial charge is 0.491 e. The lowest BCUT2D eigenvalue weighted by Crippen LogP contribution is -2.55. The Hall–Kier alpha value is -1.55.